The SMILES string of the molecule is CCN=CN(C)c1ncc(C(=O)NCCc2ccc(Br)cc2)cc1OC. The fourth-order valence-electron chi connectivity index (χ4n) is 2.31. The van der Waals surface area contributed by atoms with Crippen LogP contribution in [0.1, 0.15) is 22.8 Å². The van der Waals surface area contributed by atoms with Crippen LogP contribution in [0.4, 0.5) is 5.82 Å². The number of halogens is 1. The van der Waals surface area contributed by atoms with Crippen LogP contribution in [0, 0.1) is 0 Å². The number of methoxy groups -OCH3 is 1. The molecule has 0 spiro atoms. The predicted molar refractivity (Wildman–Crippen MR) is 108 cm³/mol. The third-order valence-corrected chi connectivity index (χ3v) is 4.23. The van der Waals surface area contributed by atoms with E-state index in [0.29, 0.717) is 30.2 Å². The summed E-state index contributed by atoms with van der Waals surface area (Å²) in [4.78, 5) is 22.6. The zero-order valence-corrected chi connectivity index (χ0v) is 16.8. The van der Waals surface area contributed by atoms with Crippen LogP contribution in [-0.2, 0) is 6.42 Å². The first-order valence-corrected chi connectivity index (χ1v) is 9.14. The Morgan fingerprint density at radius 1 is 1.38 bits per heavy atom. The van der Waals surface area contributed by atoms with Crippen LogP contribution in [0.25, 0.3) is 0 Å². The Morgan fingerprint density at radius 2 is 2.12 bits per heavy atom. The first-order chi connectivity index (χ1) is 12.5. The maximum atomic E-state index is 12.4. The molecule has 26 heavy (non-hydrogen) atoms. The number of nitrogens with one attached hydrogen (secondary N) is 1. The lowest BCUT2D eigenvalue weighted by Gasteiger charge is -2.16. The summed E-state index contributed by atoms with van der Waals surface area (Å²) in [6.45, 7) is 3.19. The third kappa shape index (κ3) is 5.56. The second-order valence-corrected chi connectivity index (χ2v) is 6.52. The summed E-state index contributed by atoms with van der Waals surface area (Å²) in [7, 11) is 3.39. The van der Waals surface area contributed by atoms with E-state index in [1.54, 1.807) is 30.6 Å². The molecule has 0 atom stereocenters. The van der Waals surface area contributed by atoms with Crippen LogP contribution in [0.2, 0.25) is 0 Å². The number of hydrogen-bond donors (Lipinski definition) is 1. The fraction of sp³-hybridized carbons (Fsp3) is 0.316. The molecule has 0 saturated heterocycles. The number of nitrogens with zero attached hydrogens (tertiary/aromatic N) is 3. The van der Waals surface area contributed by atoms with E-state index in [1.807, 2.05) is 38.2 Å². The number of aliphatic imine (C=N–C) groups is 1. The van der Waals surface area contributed by atoms with Crippen molar-refractivity contribution in [2.45, 2.75) is 13.3 Å². The first-order valence-electron chi connectivity index (χ1n) is 8.34. The second-order valence-electron chi connectivity index (χ2n) is 5.61. The number of benzene rings is 1. The molecule has 0 aliphatic heterocycles. The van der Waals surface area contributed by atoms with Crippen molar-refractivity contribution in [1.82, 2.24) is 10.3 Å². The summed E-state index contributed by atoms with van der Waals surface area (Å²) in [5.41, 5.74) is 1.62. The topological polar surface area (TPSA) is 66.8 Å². The number of rotatable bonds is 8. The standard InChI is InChI=1S/C19H23BrN4O2/c1-4-21-13-24(2)18-17(26-3)11-15(12-23-18)19(25)22-10-9-14-5-7-16(20)8-6-14/h5-8,11-13H,4,9-10H2,1-3H3,(H,22,25). The van der Waals surface area contributed by atoms with Crippen molar-refractivity contribution in [3.63, 3.8) is 0 Å². The lowest BCUT2D eigenvalue weighted by molar-refractivity contribution is 0.0953. The Balaban J connectivity index is 1.99. The third-order valence-electron chi connectivity index (χ3n) is 3.70. The van der Waals surface area contributed by atoms with Crippen molar-refractivity contribution in [2.75, 3.05) is 32.1 Å². The molecule has 1 heterocycles. The van der Waals surface area contributed by atoms with E-state index in [9.17, 15) is 4.79 Å². The summed E-state index contributed by atoms with van der Waals surface area (Å²) in [5.74, 6) is 0.955. The van der Waals surface area contributed by atoms with Crippen LogP contribution >= 0.6 is 15.9 Å². The smallest absolute Gasteiger partial charge is 0.252 e. The number of anilines is 1. The molecule has 1 aromatic carbocycles. The molecular weight excluding hydrogens is 396 g/mol. The van der Waals surface area contributed by atoms with E-state index >= 15 is 0 Å². The summed E-state index contributed by atoms with van der Waals surface area (Å²) in [6, 6.07) is 9.73. The van der Waals surface area contributed by atoms with Crippen molar-refractivity contribution in [1.29, 1.82) is 0 Å². The zero-order chi connectivity index (χ0) is 18.9. The number of hydrogen-bond acceptors (Lipinski definition) is 4. The van der Waals surface area contributed by atoms with Crippen LogP contribution in [0.3, 0.4) is 0 Å². The number of pyridine rings is 1. The molecule has 0 bridgehead atoms. The molecule has 0 aliphatic carbocycles. The van der Waals surface area contributed by atoms with Gasteiger partial charge in [0.05, 0.1) is 19.0 Å². The van der Waals surface area contributed by atoms with E-state index in [4.69, 9.17) is 4.74 Å². The van der Waals surface area contributed by atoms with Crippen molar-refractivity contribution >= 4 is 34.0 Å². The molecule has 0 saturated carbocycles. The molecule has 1 N–H and O–H groups in total. The quantitative estimate of drug-likeness (QED) is 0.527. The molecular formula is C19H23BrN4O2. The van der Waals surface area contributed by atoms with E-state index in [-0.39, 0.29) is 5.91 Å². The van der Waals surface area contributed by atoms with Gasteiger partial charge in [0.2, 0.25) is 0 Å². The average molecular weight is 419 g/mol. The second kappa shape index (κ2) is 9.91. The maximum absolute atomic E-state index is 12.4. The summed E-state index contributed by atoms with van der Waals surface area (Å²) in [5, 5.41) is 2.91. The van der Waals surface area contributed by atoms with Gasteiger partial charge in [-0.2, -0.15) is 0 Å². The molecule has 0 radical (unpaired) electrons. The highest BCUT2D eigenvalue weighted by Gasteiger charge is 2.13. The summed E-state index contributed by atoms with van der Waals surface area (Å²) in [6.07, 6.45) is 3.99. The largest absolute Gasteiger partial charge is 0.493 e. The highest BCUT2D eigenvalue weighted by Crippen LogP contribution is 2.25. The van der Waals surface area contributed by atoms with E-state index < -0.39 is 0 Å². The normalized spacial score (nSPS) is 10.8. The Hall–Kier alpha value is -2.41. The zero-order valence-electron chi connectivity index (χ0n) is 15.2. The maximum Gasteiger partial charge on any atom is 0.252 e. The van der Waals surface area contributed by atoms with Gasteiger partial charge >= 0.3 is 0 Å². The van der Waals surface area contributed by atoms with Gasteiger partial charge in [-0.15, -0.1) is 0 Å². The molecule has 138 valence electrons. The molecule has 0 aliphatic rings. The van der Waals surface area contributed by atoms with Gasteiger partial charge in [-0.25, -0.2) is 4.98 Å². The van der Waals surface area contributed by atoms with Gasteiger partial charge in [-0.3, -0.25) is 9.79 Å². The number of carbonyl (C=O) groups excluding carboxylic acids is 1. The summed E-state index contributed by atoms with van der Waals surface area (Å²) < 4.78 is 6.41. The predicted octanol–water partition coefficient (Wildman–Crippen LogP) is 3.31. The van der Waals surface area contributed by atoms with Gasteiger partial charge in [-0.05, 0) is 37.1 Å². The van der Waals surface area contributed by atoms with Crippen LogP contribution in [0.15, 0.2) is 46.0 Å². The molecule has 1 amide bonds. The van der Waals surface area contributed by atoms with Crippen LogP contribution in [-0.4, -0.2) is 44.5 Å². The van der Waals surface area contributed by atoms with E-state index in [1.165, 1.54) is 0 Å². The lowest BCUT2D eigenvalue weighted by atomic mass is 10.1. The number of ether oxygens (including phenoxy) is 1. The van der Waals surface area contributed by atoms with Gasteiger partial charge in [-0.1, -0.05) is 28.1 Å². The highest BCUT2D eigenvalue weighted by molar-refractivity contribution is 9.10. The molecule has 0 fully saturated rings. The summed E-state index contributed by atoms with van der Waals surface area (Å²) >= 11 is 3.41. The molecule has 1 aromatic heterocycles. The van der Waals surface area contributed by atoms with E-state index in [0.717, 1.165) is 16.5 Å². The van der Waals surface area contributed by atoms with E-state index in [2.05, 4.69) is 31.2 Å². The lowest BCUT2D eigenvalue weighted by Crippen LogP contribution is -2.26. The minimum Gasteiger partial charge on any atom is -0.493 e. The Morgan fingerprint density at radius 3 is 2.77 bits per heavy atom. The van der Waals surface area contributed by atoms with Gasteiger partial charge in [0.15, 0.2) is 11.6 Å². The van der Waals surface area contributed by atoms with Gasteiger partial charge < -0.3 is 15.0 Å². The highest BCUT2D eigenvalue weighted by atomic mass is 79.9. The number of aromatic nitrogens is 1. The Kier molecular flexibility index (Phi) is 7.59. The number of carbonyl (C=O) groups is 1. The molecule has 6 nitrogen and oxygen atoms in total. The fourth-order valence-corrected chi connectivity index (χ4v) is 2.57. The van der Waals surface area contributed by atoms with Gasteiger partial charge in [0, 0.05) is 30.8 Å². The molecule has 2 aromatic rings. The average Bonchev–Trinajstić information content (AvgIpc) is 2.67. The van der Waals surface area contributed by atoms with Crippen molar-refractivity contribution in [2.24, 2.45) is 4.99 Å². The Bertz CT molecular complexity index is 763. The van der Waals surface area contributed by atoms with Crippen molar-refractivity contribution < 1.29 is 9.53 Å². The number of amides is 1. The minimum atomic E-state index is -0.177. The van der Waals surface area contributed by atoms with Crippen LogP contribution < -0.4 is 15.0 Å². The minimum absolute atomic E-state index is 0.177. The monoisotopic (exact) mass is 418 g/mol. The van der Waals surface area contributed by atoms with Gasteiger partial charge in [0.1, 0.15) is 0 Å². The molecule has 7 heteroatoms. The van der Waals surface area contributed by atoms with Crippen molar-refractivity contribution in [3.05, 3.63) is 52.1 Å². The Labute approximate surface area is 162 Å². The first kappa shape index (κ1) is 19.9. The van der Waals surface area contributed by atoms with Crippen LogP contribution in [0.5, 0.6) is 5.75 Å². The molecule has 2 rings (SSSR count). The van der Waals surface area contributed by atoms with Gasteiger partial charge in [0.25, 0.3) is 5.91 Å². The molecule has 0 unspecified atom stereocenters. The van der Waals surface area contributed by atoms with Crippen molar-refractivity contribution in [3.8, 4) is 5.75 Å².